The molecule has 0 saturated carbocycles. The van der Waals surface area contributed by atoms with E-state index >= 15 is 0 Å². The summed E-state index contributed by atoms with van der Waals surface area (Å²) in [5.74, 6) is 0. The summed E-state index contributed by atoms with van der Waals surface area (Å²) >= 11 is 4.90. The van der Waals surface area contributed by atoms with Crippen molar-refractivity contribution in [2.45, 2.75) is 0 Å². The van der Waals surface area contributed by atoms with E-state index in [1.165, 1.54) is 0 Å². The number of rotatable bonds is 0. The van der Waals surface area contributed by atoms with Gasteiger partial charge in [-0.05, 0) is 24.4 Å². The van der Waals surface area contributed by atoms with Crippen LogP contribution in [0.1, 0.15) is 0 Å². The maximum absolute atomic E-state index is 6.80. The van der Waals surface area contributed by atoms with Crippen molar-refractivity contribution in [2.75, 3.05) is 0 Å². The van der Waals surface area contributed by atoms with Crippen molar-refractivity contribution < 1.29 is 0 Å². The Hall–Kier alpha value is -1.60. The van der Waals surface area contributed by atoms with Crippen molar-refractivity contribution in [3.8, 4) is 0 Å². The molecular formula is C8H5N3S. The van der Waals surface area contributed by atoms with Gasteiger partial charge in [-0.25, -0.2) is 4.85 Å². The summed E-state index contributed by atoms with van der Waals surface area (Å²) in [4.78, 5) is 9.23. The van der Waals surface area contributed by atoms with E-state index in [2.05, 4.69) is 14.8 Å². The van der Waals surface area contributed by atoms with Crippen LogP contribution in [0.5, 0.6) is 0 Å². The van der Waals surface area contributed by atoms with Gasteiger partial charge in [0.2, 0.25) is 0 Å². The van der Waals surface area contributed by atoms with Crippen LogP contribution in [0.4, 0.5) is 5.69 Å². The lowest BCUT2D eigenvalue weighted by Gasteiger charge is -1.88. The Balaban J connectivity index is 2.85. The van der Waals surface area contributed by atoms with Gasteiger partial charge in [0.25, 0.3) is 0 Å². The molecule has 12 heavy (non-hydrogen) atoms. The van der Waals surface area contributed by atoms with Gasteiger partial charge < -0.3 is 9.97 Å². The second-order valence-electron chi connectivity index (χ2n) is 2.42. The fourth-order valence-corrected chi connectivity index (χ4v) is 1.31. The first-order chi connectivity index (χ1) is 5.79. The summed E-state index contributed by atoms with van der Waals surface area (Å²) in [6.07, 6.45) is 0. The maximum atomic E-state index is 6.80. The Kier molecular flexibility index (Phi) is 1.45. The Bertz CT molecular complexity index is 515. The van der Waals surface area contributed by atoms with Crippen molar-refractivity contribution in [1.29, 1.82) is 0 Å². The molecule has 2 aromatic rings. The molecule has 0 unspecified atom stereocenters. The molecule has 1 aromatic heterocycles. The van der Waals surface area contributed by atoms with Crippen LogP contribution in [0, 0.1) is 11.3 Å². The lowest BCUT2D eigenvalue weighted by Crippen LogP contribution is -1.66. The molecule has 1 aromatic carbocycles. The molecule has 58 valence electrons. The molecule has 0 aliphatic heterocycles. The van der Waals surface area contributed by atoms with Crippen LogP contribution in [0.3, 0.4) is 0 Å². The van der Waals surface area contributed by atoms with E-state index in [1.54, 1.807) is 12.1 Å². The summed E-state index contributed by atoms with van der Waals surface area (Å²) in [7, 11) is 0. The number of hydrogen-bond acceptors (Lipinski definition) is 1. The number of fused-ring (bicyclic) bond motifs is 1. The molecule has 1 heterocycles. The Morgan fingerprint density at radius 2 is 2.00 bits per heavy atom. The van der Waals surface area contributed by atoms with E-state index in [4.69, 9.17) is 18.8 Å². The molecule has 2 N–H and O–H groups in total. The van der Waals surface area contributed by atoms with Gasteiger partial charge in [-0.3, -0.25) is 0 Å². The van der Waals surface area contributed by atoms with Crippen molar-refractivity contribution in [2.24, 2.45) is 0 Å². The van der Waals surface area contributed by atoms with Crippen LogP contribution in [0.25, 0.3) is 15.9 Å². The number of imidazole rings is 1. The minimum atomic E-state index is 0.590. The molecule has 0 amide bonds. The third-order valence-corrected chi connectivity index (χ3v) is 1.83. The Morgan fingerprint density at radius 3 is 2.75 bits per heavy atom. The first kappa shape index (κ1) is 7.07. The van der Waals surface area contributed by atoms with Crippen LogP contribution in [-0.4, -0.2) is 9.97 Å². The van der Waals surface area contributed by atoms with Gasteiger partial charge in [-0.15, -0.1) is 0 Å². The second kappa shape index (κ2) is 2.47. The minimum Gasteiger partial charge on any atom is -0.332 e. The molecule has 0 saturated heterocycles. The SMILES string of the molecule is [C-]#[N+]c1ccc2[nH]c(=S)[nH]c2c1. The standard InChI is InChI=1S/C8H5N3S/c1-9-5-2-3-6-7(4-5)11-8(12)10-6/h2-4H,(H2,10,11,12). The molecule has 0 aliphatic rings. The molecule has 0 radical (unpaired) electrons. The number of benzene rings is 1. The van der Waals surface area contributed by atoms with Crippen molar-refractivity contribution in [3.63, 3.8) is 0 Å². The van der Waals surface area contributed by atoms with Gasteiger partial charge in [-0.1, -0.05) is 6.07 Å². The molecule has 3 nitrogen and oxygen atoms in total. The summed E-state index contributed by atoms with van der Waals surface area (Å²) in [5, 5.41) is 0. The van der Waals surface area contributed by atoms with Gasteiger partial charge in [-0.2, -0.15) is 0 Å². The highest BCUT2D eigenvalue weighted by atomic mass is 32.1. The van der Waals surface area contributed by atoms with E-state index in [9.17, 15) is 0 Å². The number of hydrogen-bond donors (Lipinski definition) is 2. The maximum Gasteiger partial charge on any atom is 0.189 e. The largest absolute Gasteiger partial charge is 0.332 e. The highest BCUT2D eigenvalue weighted by Crippen LogP contribution is 2.18. The van der Waals surface area contributed by atoms with Gasteiger partial charge in [0.05, 0.1) is 17.6 Å². The smallest absolute Gasteiger partial charge is 0.189 e. The van der Waals surface area contributed by atoms with E-state index in [1.807, 2.05) is 6.07 Å². The van der Waals surface area contributed by atoms with Gasteiger partial charge in [0, 0.05) is 0 Å². The first-order valence-corrected chi connectivity index (χ1v) is 3.80. The normalized spacial score (nSPS) is 9.92. The quantitative estimate of drug-likeness (QED) is 0.468. The second-order valence-corrected chi connectivity index (χ2v) is 2.83. The third-order valence-electron chi connectivity index (χ3n) is 1.63. The fourth-order valence-electron chi connectivity index (χ4n) is 1.09. The van der Waals surface area contributed by atoms with Crippen LogP contribution >= 0.6 is 12.2 Å². The molecule has 0 spiro atoms. The molecule has 0 bridgehead atoms. The van der Waals surface area contributed by atoms with E-state index in [0.717, 1.165) is 11.0 Å². The van der Waals surface area contributed by atoms with Crippen LogP contribution < -0.4 is 0 Å². The molecular weight excluding hydrogens is 170 g/mol. The lowest BCUT2D eigenvalue weighted by atomic mass is 10.3. The molecule has 2 rings (SSSR count). The van der Waals surface area contributed by atoms with Crippen molar-refractivity contribution in [1.82, 2.24) is 9.97 Å². The Labute approximate surface area is 73.9 Å². The fraction of sp³-hybridized carbons (Fsp3) is 0. The Morgan fingerprint density at radius 1 is 1.25 bits per heavy atom. The topological polar surface area (TPSA) is 35.9 Å². The van der Waals surface area contributed by atoms with E-state index < -0.39 is 0 Å². The van der Waals surface area contributed by atoms with Crippen molar-refractivity contribution in [3.05, 3.63) is 34.4 Å². The summed E-state index contributed by atoms with van der Waals surface area (Å²) in [5.41, 5.74) is 2.44. The third kappa shape index (κ3) is 1.00. The zero-order valence-electron chi connectivity index (χ0n) is 6.09. The average Bonchev–Trinajstić information content (AvgIpc) is 2.43. The van der Waals surface area contributed by atoms with Gasteiger partial charge in [0.1, 0.15) is 0 Å². The highest BCUT2D eigenvalue weighted by Gasteiger charge is 1.96. The molecule has 0 fully saturated rings. The van der Waals surface area contributed by atoms with Crippen molar-refractivity contribution >= 4 is 28.9 Å². The van der Waals surface area contributed by atoms with Gasteiger partial charge in [0.15, 0.2) is 10.5 Å². The van der Waals surface area contributed by atoms with Crippen LogP contribution in [-0.2, 0) is 0 Å². The highest BCUT2D eigenvalue weighted by molar-refractivity contribution is 7.71. The number of aromatic nitrogens is 2. The number of H-pyrrole nitrogens is 2. The van der Waals surface area contributed by atoms with E-state index in [-0.39, 0.29) is 0 Å². The predicted molar refractivity (Wildman–Crippen MR) is 49.7 cm³/mol. The number of nitrogens with one attached hydrogen (secondary N) is 2. The van der Waals surface area contributed by atoms with Gasteiger partial charge >= 0.3 is 0 Å². The molecule has 0 atom stereocenters. The number of nitrogens with zero attached hydrogens (tertiary/aromatic N) is 1. The summed E-state index contributed by atoms with van der Waals surface area (Å²) < 4.78 is 0.590. The number of aromatic amines is 2. The molecule has 0 aliphatic carbocycles. The zero-order chi connectivity index (χ0) is 8.55. The summed E-state index contributed by atoms with van der Waals surface area (Å²) in [6, 6.07) is 5.37. The van der Waals surface area contributed by atoms with E-state index in [0.29, 0.717) is 10.5 Å². The lowest BCUT2D eigenvalue weighted by molar-refractivity contribution is 1.30. The zero-order valence-corrected chi connectivity index (χ0v) is 6.90. The monoisotopic (exact) mass is 175 g/mol. The molecule has 4 heteroatoms. The summed E-state index contributed by atoms with van der Waals surface area (Å²) in [6.45, 7) is 6.80. The van der Waals surface area contributed by atoms with Crippen LogP contribution in [0.15, 0.2) is 18.2 Å². The van der Waals surface area contributed by atoms with Crippen LogP contribution in [0.2, 0.25) is 0 Å². The first-order valence-electron chi connectivity index (χ1n) is 3.39. The predicted octanol–water partition coefficient (Wildman–Crippen LogP) is 2.78. The average molecular weight is 175 g/mol. The minimum absolute atomic E-state index is 0.590.